The summed E-state index contributed by atoms with van der Waals surface area (Å²) < 4.78 is 0. The van der Waals surface area contributed by atoms with E-state index in [1.54, 1.807) is 0 Å². The van der Waals surface area contributed by atoms with Gasteiger partial charge in [-0.15, -0.1) is 0 Å². The molecular formula is C13H26N2S. The van der Waals surface area contributed by atoms with E-state index in [-0.39, 0.29) is 0 Å². The summed E-state index contributed by atoms with van der Waals surface area (Å²) in [6.45, 7) is 4.80. The molecule has 1 saturated carbocycles. The first-order valence-electron chi connectivity index (χ1n) is 6.74. The van der Waals surface area contributed by atoms with Crippen molar-refractivity contribution in [2.75, 3.05) is 11.5 Å². The van der Waals surface area contributed by atoms with Crippen LogP contribution in [0.1, 0.15) is 39.5 Å². The quantitative estimate of drug-likeness (QED) is 0.590. The standard InChI is InChI=1S/C13H26N2S/c1-9-5-10(2)7-12(6-9)13(15-14)11-3-4-16-8-11/h9-13,15H,3-8,14H2,1-2H3. The highest BCUT2D eigenvalue weighted by Gasteiger charge is 2.35. The normalized spacial score (nSPS) is 42.2. The molecule has 1 heterocycles. The van der Waals surface area contributed by atoms with Gasteiger partial charge in [0.05, 0.1) is 0 Å². The number of hydrogen-bond acceptors (Lipinski definition) is 3. The van der Waals surface area contributed by atoms with Gasteiger partial charge in [0.15, 0.2) is 0 Å². The van der Waals surface area contributed by atoms with E-state index in [1.807, 2.05) is 0 Å². The molecule has 2 fully saturated rings. The molecule has 4 unspecified atom stereocenters. The van der Waals surface area contributed by atoms with Crippen molar-refractivity contribution in [3.05, 3.63) is 0 Å². The lowest BCUT2D eigenvalue weighted by Gasteiger charge is -2.38. The molecule has 94 valence electrons. The van der Waals surface area contributed by atoms with Crippen molar-refractivity contribution in [1.29, 1.82) is 0 Å². The van der Waals surface area contributed by atoms with Gasteiger partial charge in [-0.1, -0.05) is 13.8 Å². The second-order valence-electron chi connectivity index (χ2n) is 5.99. The first-order valence-corrected chi connectivity index (χ1v) is 7.90. The van der Waals surface area contributed by atoms with Gasteiger partial charge < -0.3 is 0 Å². The third kappa shape index (κ3) is 2.93. The molecule has 2 aliphatic rings. The van der Waals surface area contributed by atoms with E-state index in [2.05, 4.69) is 31.0 Å². The molecule has 0 radical (unpaired) electrons. The molecule has 1 aliphatic heterocycles. The van der Waals surface area contributed by atoms with Gasteiger partial charge in [-0.2, -0.15) is 11.8 Å². The molecule has 4 atom stereocenters. The minimum absolute atomic E-state index is 0.570. The topological polar surface area (TPSA) is 38.0 Å². The Labute approximate surface area is 104 Å². The number of nitrogens with two attached hydrogens (primary N) is 1. The largest absolute Gasteiger partial charge is 0.271 e. The number of hydrazine groups is 1. The maximum absolute atomic E-state index is 5.82. The van der Waals surface area contributed by atoms with Crippen LogP contribution in [0.25, 0.3) is 0 Å². The molecular weight excluding hydrogens is 216 g/mol. The van der Waals surface area contributed by atoms with Crippen molar-refractivity contribution < 1.29 is 0 Å². The Morgan fingerprint density at radius 1 is 1.12 bits per heavy atom. The number of thioether (sulfide) groups is 1. The predicted octanol–water partition coefficient (Wildman–Crippen LogP) is 2.64. The second kappa shape index (κ2) is 5.74. The van der Waals surface area contributed by atoms with Crippen molar-refractivity contribution >= 4 is 11.8 Å². The average Bonchev–Trinajstić information content (AvgIpc) is 2.70. The first kappa shape index (κ1) is 12.7. The SMILES string of the molecule is CC1CC(C)CC(C(NN)C2CCSC2)C1. The van der Waals surface area contributed by atoms with Crippen molar-refractivity contribution in [2.45, 2.75) is 45.6 Å². The molecule has 2 rings (SSSR count). The van der Waals surface area contributed by atoms with Crippen LogP contribution in [0.5, 0.6) is 0 Å². The molecule has 0 aromatic heterocycles. The van der Waals surface area contributed by atoms with Gasteiger partial charge in [-0.3, -0.25) is 11.3 Å². The lowest BCUT2D eigenvalue weighted by Crippen LogP contribution is -2.48. The van der Waals surface area contributed by atoms with Gasteiger partial charge in [0.2, 0.25) is 0 Å². The van der Waals surface area contributed by atoms with Gasteiger partial charge in [-0.25, -0.2) is 0 Å². The smallest absolute Gasteiger partial charge is 0.0275 e. The van der Waals surface area contributed by atoms with Gasteiger partial charge in [0.25, 0.3) is 0 Å². The molecule has 16 heavy (non-hydrogen) atoms. The van der Waals surface area contributed by atoms with Crippen molar-refractivity contribution in [2.24, 2.45) is 29.5 Å². The zero-order valence-electron chi connectivity index (χ0n) is 10.6. The summed E-state index contributed by atoms with van der Waals surface area (Å²) in [5.74, 6) is 11.9. The Bertz CT molecular complexity index is 206. The highest BCUT2D eigenvalue weighted by molar-refractivity contribution is 7.99. The van der Waals surface area contributed by atoms with Crippen LogP contribution in [0, 0.1) is 23.7 Å². The lowest BCUT2D eigenvalue weighted by atomic mass is 9.71. The van der Waals surface area contributed by atoms with Crippen molar-refractivity contribution in [1.82, 2.24) is 5.43 Å². The maximum Gasteiger partial charge on any atom is 0.0275 e. The lowest BCUT2D eigenvalue weighted by molar-refractivity contribution is 0.149. The highest BCUT2D eigenvalue weighted by Crippen LogP contribution is 2.39. The Balaban J connectivity index is 1.96. The Morgan fingerprint density at radius 3 is 2.31 bits per heavy atom. The molecule has 1 saturated heterocycles. The fourth-order valence-electron chi connectivity index (χ4n) is 3.80. The molecule has 1 aliphatic carbocycles. The maximum atomic E-state index is 5.82. The second-order valence-corrected chi connectivity index (χ2v) is 7.14. The molecule has 0 aromatic carbocycles. The van der Waals surface area contributed by atoms with E-state index in [0.29, 0.717) is 6.04 Å². The molecule has 3 heteroatoms. The zero-order chi connectivity index (χ0) is 11.5. The molecule has 0 aromatic rings. The molecule has 0 bridgehead atoms. The summed E-state index contributed by atoms with van der Waals surface area (Å²) in [5, 5.41) is 0. The van der Waals surface area contributed by atoms with Gasteiger partial charge in [0.1, 0.15) is 0 Å². The highest BCUT2D eigenvalue weighted by atomic mass is 32.2. The minimum Gasteiger partial charge on any atom is -0.271 e. The summed E-state index contributed by atoms with van der Waals surface area (Å²) in [6, 6.07) is 0.570. The third-order valence-corrected chi connectivity index (χ3v) is 5.58. The van der Waals surface area contributed by atoms with Gasteiger partial charge in [0, 0.05) is 6.04 Å². The monoisotopic (exact) mass is 242 g/mol. The molecule has 3 N–H and O–H groups in total. The fraction of sp³-hybridized carbons (Fsp3) is 1.00. The average molecular weight is 242 g/mol. The Hall–Kier alpha value is 0.270. The van der Waals surface area contributed by atoms with Crippen LogP contribution in [-0.2, 0) is 0 Å². The van der Waals surface area contributed by atoms with E-state index in [4.69, 9.17) is 5.84 Å². The first-order chi connectivity index (χ1) is 7.70. The van der Waals surface area contributed by atoms with E-state index in [1.165, 1.54) is 37.2 Å². The van der Waals surface area contributed by atoms with E-state index < -0.39 is 0 Å². The predicted molar refractivity (Wildman–Crippen MR) is 72.2 cm³/mol. The van der Waals surface area contributed by atoms with Crippen LogP contribution in [0.15, 0.2) is 0 Å². The molecule has 2 nitrogen and oxygen atoms in total. The number of rotatable bonds is 3. The van der Waals surface area contributed by atoms with Crippen LogP contribution >= 0.6 is 11.8 Å². The zero-order valence-corrected chi connectivity index (χ0v) is 11.4. The molecule has 0 spiro atoms. The van der Waals surface area contributed by atoms with Gasteiger partial charge >= 0.3 is 0 Å². The van der Waals surface area contributed by atoms with Crippen LogP contribution < -0.4 is 11.3 Å². The van der Waals surface area contributed by atoms with Crippen LogP contribution in [0.2, 0.25) is 0 Å². The van der Waals surface area contributed by atoms with Crippen molar-refractivity contribution in [3.63, 3.8) is 0 Å². The van der Waals surface area contributed by atoms with Crippen molar-refractivity contribution in [3.8, 4) is 0 Å². The van der Waals surface area contributed by atoms with Crippen LogP contribution in [-0.4, -0.2) is 17.5 Å². The Kier molecular flexibility index (Phi) is 4.57. The summed E-state index contributed by atoms with van der Waals surface area (Å²) >= 11 is 2.10. The molecule has 0 amide bonds. The van der Waals surface area contributed by atoms with Crippen LogP contribution in [0.3, 0.4) is 0 Å². The summed E-state index contributed by atoms with van der Waals surface area (Å²) in [7, 11) is 0. The van der Waals surface area contributed by atoms with Crippen LogP contribution in [0.4, 0.5) is 0 Å². The van der Waals surface area contributed by atoms with E-state index in [0.717, 1.165) is 23.7 Å². The Morgan fingerprint density at radius 2 is 1.81 bits per heavy atom. The minimum atomic E-state index is 0.570. The van der Waals surface area contributed by atoms with E-state index in [9.17, 15) is 0 Å². The number of hydrogen-bond donors (Lipinski definition) is 2. The fourth-order valence-corrected chi connectivity index (χ4v) is 5.11. The summed E-state index contributed by atoms with van der Waals surface area (Å²) in [4.78, 5) is 0. The summed E-state index contributed by atoms with van der Waals surface area (Å²) in [5.41, 5.74) is 3.14. The van der Waals surface area contributed by atoms with E-state index >= 15 is 0 Å². The van der Waals surface area contributed by atoms with Gasteiger partial charge in [-0.05, 0) is 60.9 Å². The third-order valence-electron chi connectivity index (χ3n) is 4.39. The summed E-state index contributed by atoms with van der Waals surface area (Å²) in [6.07, 6.45) is 5.52. The number of nitrogens with one attached hydrogen (secondary N) is 1.